The molecule has 0 atom stereocenters. The smallest absolute Gasteiger partial charge is 0.132 e. The normalized spacial score (nSPS) is 15.1. The molecular formula is C22H21ClN6. The number of nitrogens with zero attached hydrogens (tertiary/aromatic N) is 4. The van der Waals surface area contributed by atoms with Gasteiger partial charge >= 0.3 is 0 Å². The van der Waals surface area contributed by atoms with Gasteiger partial charge in [0.1, 0.15) is 5.82 Å². The number of pyridine rings is 2. The standard InChI is InChI=1S/C22H21ClN6/c23-20-3-1-2-14-9-21(26-12-19(14)20)18-8-15(10-27-22(18)24)16-11-28-29(13-16)17-4-6-25-7-5-17/h1-3,8-13,17,25H,4-7H2,(H2,24,27). The summed E-state index contributed by atoms with van der Waals surface area (Å²) in [6.45, 7) is 2.07. The van der Waals surface area contributed by atoms with Gasteiger partial charge in [-0.15, -0.1) is 0 Å². The zero-order valence-electron chi connectivity index (χ0n) is 15.8. The molecule has 4 aromatic rings. The molecular weight excluding hydrogens is 384 g/mol. The van der Waals surface area contributed by atoms with Crippen molar-refractivity contribution in [2.45, 2.75) is 18.9 Å². The van der Waals surface area contributed by atoms with Crippen molar-refractivity contribution in [2.24, 2.45) is 0 Å². The van der Waals surface area contributed by atoms with Crippen LogP contribution in [0.4, 0.5) is 5.82 Å². The Hall–Kier alpha value is -2.96. The summed E-state index contributed by atoms with van der Waals surface area (Å²) in [7, 11) is 0. The minimum atomic E-state index is 0.443. The Morgan fingerprint density at radius 3 is 2.76 bits per heavy atom. The number of hydrogen-bond donors (Lipinski definition) is 2. The van der Waals surface area contributed by atoms with Crippen molar-refractivity contribution in [3.63, 3.8) is 0 Å². The van der Waals surface area contributed by atoms with Gasteiger partial charge in [0.05, 0.1) is 17.9 Å². The molecule has 0 radical (unpaired) electrons. The predicted octanol–water partition coefficient (Wildman–Crippen LogP) is 4.32. The second-order valence-electron chi connectivity index (χ2n) is 7.38. The number of rotatable bonds is 3. The second kappa shape index (κ2) is 7.46. The molecule has 0 unspecified atom stereocenters. The van der Waals surface area contributed by atoms with Crippen LogP contribution in [0, 0.1) is 0 Å². The summed E-state index contributed by atoms with van der Waals surface area (Å²) in [6.07, 6.45) is 9.76. The van der Waals surface area contributed by atoms with E-state index in [0.29, 0.717) is 16.9 Å². The first-order valence-corrected chi connectivity index (χ1v) is 10.1. The molecule has 0 bridgehead atoms. The lowest BCUT2D eigenvalue weighted by Crippen LogP contribution is -2.29. The van der Waals surface area contributed by atoms with Gasteiger partial charge in [-0.3, -0.25) is 9.67 Å². The molecule has 146 valence electrons. The highest BCUT2D eigenvalue weighted by molar-refractivity contribution is 6.35. The first-order valence-electron chi connectivity index (χ1n) is 9.74. The molecule has 5 rings (SSSR count). The zero-order chi connectivity index (χ0) is 19.8. The van der Waals surface area contributed by atoms with Crippen LogP contribution in [0.3, 0.4) is 0 Å². The van der Waals surface area contributed by atoms with Crippen molar-refractivity contribution in [1.29, 1.82) is 0 Å². The maximum absolute atomic E-state index is 6.27. The molecule has 7 heteroatoms. The van der Waals surface area contributed by atoms with E-state index in [0.717, 1.165) is 59.1 Å². The zero-order valence-corrected chi connectivity index (χ0v) is 16.6. The molecule has 0 aliphatic carbocycles. The fourth-order valence-corrected chi connectivity index (χ4v) is 4.11. The molecule has 29 heavy (non-hydrogen) atoms. The molecule has 1 saturated heterocycles. The quantitative estimate of drug-likeness (QED) is 0.531. The maximum atomic E-state index is 6.27. The minimum absolute atomic E-state index is 0.443. The lowest BCUT2D eigenvalue weighted by molar-refractivity contribution is 0.343. The third kappa shape index (κ3) is 3.45. The fourth-order valence-electron chi connectivity index (χ4n) is 3.88. The van der Waals surface area contributed by atoms with Gasteiger partial charge in [-0.25, -0.2) is 4.98 Å². The van der Waals surface area contributed by atoms with Crippen LogP contribution < -0.4 is 11.1 Å². The highest BCUT2D eigenvalue weighted by Crippen LogP contribution is 2.32. The van der Waals surface area contributed by atoms with Crippen LogP contribution in [-0.2, 0) is 0 Å². The van der Waals surface area contributed by atoms with E-state index in [-0.39, 0.29) is 0 Å². The van der Waals surface area contributed by atoms with Crippen LogP contribution in [0.1, 0.15) is 18.9 Å². The average Bonchev–Trinajstić information content (AvgIpc) is 3.25. The van der Waals surface area contributed by atoms with E-state index in [4.69, 9.17) is 17.3 Å². The number of nitrogens with one attached hydrogen (secondary N) is 1. The molecule has 1 aliphatic heterocycles. The fraction of sp³-hybridized carbons (Fsp3) is 0.227. The molecule has 0 spiro atoms. The number of aromatic nitrogens is 4. The van der Waals surface area contributed by atoms with Gasteiger partial charge in [0.25, 0.3) is 0 Å². The average molecular weight is 405 g/mol. The van der Waals surface area contributed by atoms with E-state index in [1.807, 2.05) is 36.5 Å². The molecule has 6 nitrogen and oxygen atoms in total. The number of piperidine rings is 1. The SMILES string of the molecule is Nc1ncc(-c2cnn(C3CCNCC3)c2)cc1-c1cc2cccc(Cl)c2cn1. The van der Waals surface area contributed by atoms with E-state index in [2.05, 4.69) is 31.3 Å². The van der Waals surface area contributed by atoms with Crippen molar-refractivity contribution in [1.82, 2.24) is 25.1 Å². The summed E-state index contributed by atoms with van der Waals surface area (Å²) in [5.74, 6) is 0.452. The van der Waals surface area contributed by atoms with E-state index >= 15 is 0 Å². The lowest BCUT2D eigenvalue weighted by atomic mass is 10.0. The van der Waals surface area contributed by atoms with Gasteiger partial charge in [-0.1, -0.05) is 23.7 Å². The summed E-state index contributed by atoms with van der Waals surface area (Å²) >= 11 is 6.27. The van der Waals surface area contributed by atoms with Crippen molar-refractivity contribution < 1.29 is 0 Å². The molecule has 0 amide bonds. The number of halogens is 1. The molecule has 3 N–H and O–H groups in total. The molecule has 1 aliphatic rings. The van der Waals surface area contributed by atoms with Crippen LogP contribution in [-0.4, -0.2) is 32.8 Å². The Morgan fingerprint density at radius 1 is 1.03 bits per heavy atom. The largest absolute Gasteiger partial charge is 0.383 e. The van der Waals surface area contributed by atoms with Gasteiger partial charge in [0.15, 0.2) is 0 Å². The first kappa shape index (κ1) is 18.1. The second-order valence-corrected chi connectivity index (χ2v) is 7.78. The van der Waals surface area contributed by atoms with E-state index in [1.165, 1.54) is 0 Å². The van der Waals surface area contributed by atoms with Crippen LogP contribution in [0.5, 0.6) is 0 Å². The van der Waals surface area contributed by atoms with Gasteiger partial charge in [0.2, 0.25) is 0 Å². The first-order chi connectivity index (χ1) is 14.2. The van der Waals surface area contributed by atoms with Crippen molar-refractivity contribution in [3.05, 3.63) is 60.1 Å². The predicted molar refractivity (Wildman–Crippen MR) is 117 cm³/mol. The Bertz CT molecular complexity index is 1180. The molecule has 1 aromatic carbocycles. The molecule has 0 saturated carbocycles. The minimum Gasteiger partial charge on any atom is -0.383 e. The van der Waals surface area contributed by atoms with Gasteiger partial charge in [-0.2, -0.15) is 5.10 Å². The van der Waals surface area contributed by atoms with Crippen LogP contribution in [0.15, 0.2) is 55.1 Å². The highest BCUT2D eigenvalue weighted by atomic mass is 35.5. The van der Waals surface area contributed by atoms with Crippen LogP contribution >= 0.6 is 11.6 Å². The number of anilines is 1. The number of fused-ring (bicyclic) bond motifs is 1. The summed E-state index contributed by atoms with van der Waals surface area (Å²) in [4.78, 5) is 9.00. The van der Waals surface area contributed by atoms with Crippen molar-refractivity contribution in [3.8, 4) is 22.4 Å². The number of nitrogens with two attached hydrogens (primary N) is 1. The molecule has 4 heterocycles. The summed E-state index contributed by atoms with van der Waals surface area (Å²) in [5.41, 5.74) is 9.77. The number of hydrogen-bond acceptors (Lipinski definition) is 5. The summed E-state index contributed by atoms with van der Waals surface area (Å²) in [6, 6.07) is 10.3. The summed E-state index contributed by atoms with van der Waals surface area (Å²) < 4.78 is 2.07. The highest BCUT2D eigenvalue weighted by Gasteiger charge is 2.17. The Balaban J connectivity index is 1.52. The molecule has 1 fully saturated rings. The van der Waals surface area contributed by atoms with E-state index in [1.54, 1.807) is 12.4 Å². The Labute approximate surface area is 173 Å². The van der Waals surface area contributed by atoms with Crippen LogP contribution in [0.2, 0.25) is 5.02 Å². The van der Waals surface area contributed by atoms with E-state index < -0.39 is 0 Å². The third-order valence-corrected chi connectivity index (χ3v) is 5.85. The lowest BCUT2D eigenvalue weighted by Gasteiger charge is -2.22. The monoisotopic (exact) mass is 404 g/mol. The molecule has 3 aromatic heterocycles. The maximum Gasteiger partial charge on any atom is 0.132 e. The van der Waals surface area contributed by atoms with Gasteiger partial charge in [0, 0.05) is 45.7 Å². The van der Waals surface area contributed by atoms with Gasteiger partial charge < -0.3 is 11.1 Å². The van der Waals surface area contributed by atoms with Crippen molar-refractivity contribution >= 4 is 28.2 Å². The third-order valence-electron chi connectivity index (χ3n) is 5.52. The number of benzene rings is 1. The van der Waals surface area contributed by atoms with Crippen LogP contribution in [0.25, 0.3) is 33.2 Å². The summed E-state index contributed by atoms with van der Waals surface area (Å²) in [5, 5.41) is 10.6. The van der Waals surface area contributed by atoms with E-state index in [9.17, 15) is 0 Å². The van der Waals surface area contributed by atoms with Gasteiger partial charge in [-0.05, 0) is 49.5 Å². The topological polar surface area (TPSA) is 81.6 Å². The Morgan fingerprint density at radius 2 is 1.90 bits per heavy atom. The number of nitrogen functional groups attached to an aromatic ring is 1. The van der Waals surface area contributed by atoms with Crippen molar-refractivity contribution in [2.75, 3.05) is 18.8 Å². The Kier molecular flexibility index (Phi) is 4.66.